The van der Waals surface area contributed by atoms with E-state index in [2.05, 4.69) is 11.8 Å². The van der Waals surface area contributed by atoms with E-state index < -0.39 is 0 Å². The molecule has 0 radical (unpaired) electrons. The fourth-order valence-corrected chi connectivity index (χ4v) is 1.64. The Labute approximate surface area is 91.5 Å². The molecule has 0 atom stereocenters. The lowest BCUT2D eigenvalue weighted by atomic mass is 10.2. The predicted octanol–water partition coefficient (Wildman–Crippen LogP) is 1.96. The van der Waals surface area contributed by atoms with Gasteiger partial charge in [-0.15, -0.1) is 0 Å². The number of rotatable bonds is 6. The Bertz CT molecular complexity index is 289. The van der Waals surface area contributed by atoms with Crippen LogP contribution in [0.25, 0.3) is 0 Å². The largest absolute Gasteiger partial charge is 0.506 e. The predicted molar refractivity (Wildman–Crippen MR) is 64.3 cm³/mol. The van der Waals surface area contributed by atoms with Gasteiger partial charge in [0.15, 0.2) is 0 Å². The third kappa shape index (κ3) is 3.44. The molecule has 0 fully saturated rings. The maximum absolute atomic E-state index is 9.73. The smallest absolute Gasteiger partial charge is 0.138 e. The molecule has 0 saturated heterocycles. The number of hydrogen-bond donors (Lipinski definition) is 2. The van der Waals surface area contributed by atoms with Crippen LogP contribution in [-0.2, 0) is 0 Å². The average molecular weight is 208 g/mol. The number of nitrogens with zero attached hydrogens (tertiary/aromatic N) is 1. The third-order valence-corrected chi connectivity index (χ3v) is 2.35. The summed E-state index contributed by atoms with van der Waals surface area (Å²) in [7, 11) is 0. The zero-order chi connectivity index (χ0) is 11.1. The highest BCUT2D eigenvalue weighted by molar-refractivity contribution is 5.57. The first kappa shape index (κ1) is 11.9. The van der Waals surface area contributed by atoms with Crippen LogP contribution in [0.4, 0.5) is 5.69 Å². The summed E-state index contributed by atoms with van der Waals surface area (Å²) in [6, 6.07) is 7.45. The van der Waals surface area contributed by atoms with E-state index in [9.17, 15) is 5.11 Å². The molecule has 0 aliphatic heterocycles. The Hall–Kier alpha value is -1.22. The fourth-order valence-electron chi connectivity index (χ4n) is 1.64. The zero-order valence-corrected chi connectivity index (χ0v) is 9.32. The van der Waals surface area contributed by atoms with Gasteiger partial charge in [-0.3, -0.25) is 0 Å². The topological polar surface area (TPSA) is 49.5 Å². The second kappa shape index (κ2) is 6.30. The monoisotopic (exact) mass is 208 g/mol. The maximum Gasteiger partial charge on any atom is 0.138 e. The first-order valence-corrected chi connectivity index (χ1v) is 5.52. The van der Waals surface area contributed by atoms with E-state index in [0.29, 0.717) is 12.3 Å². The van der Waals surface area contributed by atoms with Gasteiger partial charge < -0.3 is 15.7 Å². The standard InChI is InChI=1S/C12H20N2O/c1-2-9-14(10-5-8-13)11-6-3-4-7-12(11)15/h3-4,6-7,15H,2,5,8-10,13H2,1H3. The fraction of sp³-hybridized carbons (Fsp3) is 0.500. The van der Waals surface area contributed by atoms with E-state index in [4.69, 9.17) is 5.73 Å². The van der Waals surface area contributed by atoms with Crippen LogP contribution >= 0.6 is 0 Å². The number of nitrogens with two attached hydrogens (primary N) is 1. The number of aromatic hydroxyl groups is 1. The van der Waals surface area contributed by atoms with Crippen LogP contribution in [0.2, 0.25) is 0 Å². The van der Waals surface area contributed by atoms with Gasteiger partial charge in [0.1, 0.15) is 5.75 Å². The molecule has 3 N–H and O–H groups in total. The third-order valence-electron chi connectivity index (χ3n) is 2.35. The van der Waals surface area contributed by atoms with Crippen molar-refractivity contribution in [1.82, 2.24) is 0 Å². The van der Waals surface area contributed by atoms with Crippen molar-refractivity contribution in [2.75, 3.05) is 24.5 Å². The second-order valence-electron chi connectivity index (χ2n) is 3.62. The highest BCUT2D eigenvalue weighted by atomic mass is 16.3. The first-order valence-electron chi connectivity index (χ1n) is 5.52. The Morgan fingerprint density at radius 1 is 1.27 bits per heavy atom. The number of benzene rings is 1. The van der Waals surface area contributed by atoms with Crippen LogP contribution in [0, 0.1) is 0 Å². The minimum absolute atomic E-state index is 0.350. The average Bonchev–Trinajstić information content (AvgIpc) is 2.25. The summed E-state index contributed by atoms with van der Waals surface area (Å²) in [5.74, 6) is 0.350. The molecule has 0 aliphatic carbocycles. The molecule has 0 aromatic heterocycles. The molecule has 1 rings (SSSR count). The summed E-state index contributed by atoms with van der Waals surface area (Å²) in [5, 5.41) is 9.73. The van der Waals surface area contributed by atoms with Gasteiger partial charge in [0.05, 0.1) is 5.69 Å². The Balaban J connectivity index is 2.74. The molecule has 3 heteroatoms. The number of hydrogen-bond acceptors (Lipinski definition) is 3. The molecule has 0 bridgehead atoms. The Kier molecular flexibility index (Phi) is 4.98. The van der Waals surface area contributed by atoms with Crippen LogP contribution < -0.4 is 10.6 Å². The van der Waals surface area contributed by atoms with Crippen molar-refractivity contribution in [3.8, 4) is 5.75 Å². The van der Waals surface area contributed by atoms with Crippen molar-refractivity contribution in [3.63, 3.8) is 0 Å². The summed E-state index contributed by atoms with van der Waals surface area (Å²) in [6.07, 6.45) is 2.02. The van der Waals surface area contributed by atoms with E-state index in [1.165, 1.54) is 0 Å². The molecule has 84 valence electrons. The quantitative estimate of drug-likeness (QED) is 0.751. The molecule has 1 aromatic rings. The van der Waals surface area contributed by atoms with Gasteiger partial charge >= 0.3 is 0 Å². The van der Waals surface area contributed by atoms with Gasteiger partial charge in [0, 0.05) is 13.1 Å². The van der Waals surface area contributed by atoms with E-state index in [0.717, 1.165) is 31.6 Å². The van der Waals surface area contributed by atoms with Crippen LogP contribution in [-0.4, -0.2) is 24.7 Å². The highest BCUT2D eigenvalue weighted by Gasteiger charge is 2.08. The van der Waals surface area contributed by atoms with E-state index in [-0.39, 0.29) is 0 Å². The summed E-state index contributed by atoms with van der Waals surface area (Å²) in [6.45, 7) is 4.68. The highest BCUT2D eigenvalue weighted by Crippen LogP contribution is 2.26. The van der Waals surface area contributed by atoms with E-state index in [1.54, 1.807) is 6.07 Å². The number of phenolic OH excluding ortho intramolecular Hbond substituents is 1. The molecule has 15 heavy (non-hydrogen) atoms. The molecule has 1 aromatic carbocycles. The van der Waals surface area contributed by atoms with Crippen molar-refractivity contribution in [2.24, 2.45) is 5.73 Å². The lowest BCUT2D eigenvalue weighted by molar-refractivity contribution is 0.473. The van der Waals surface area contributed by atoms with Gasteiger partial charge in [-0.25, -0.2) is 0 Å². The van der Waals surface area contributed by atoms with E-state index in [1.807, 2.05) is 18.2 Å². The second-order valence-corrected chi connectivity index (χ2v) is 3.62. The molecule has 0 spiro atoms. The van der Waals surface area contributed by atoms with Crippen molar-refractivity contribution in [3.05, 3.63) is 24.3 Å². The summed E-state index contributed by atoms with van der Waals surface area (Å²) in [5.41, 5.74) is 6.41. The maximum atomic E-state index is 9.73. The molecule has 0 unspecified atom stereocenters. The summed E-state index contributed by atoms with van der Waals surface area (Å²) in [4.78, 5) is 2.18. The number of para-hydroxylation sites is 2. The lowest BCUT2D eigenvalue weighted by Crippen LogP contribution is -2.26. The van der Waals surface area contributed by atoms with Gasteiger partial charge in [-0.05, 0) is 31.5 Å². The van der Waals surface area contributed by atoms with Gasteiger partial charge in [0.25, 0.3) is 0 Å². The molecule has 0 amide bonds. The van der Waals surface area contributed by atoms with Crippen molar-refractivity contribution in [2.45, 2.75) is 19.8 Å². The van der Waals surface area contributed by atoms with Gasteiger partial charge in [0.2, 0.25) is 0 Å². The van der Waals surface area contributed by atoms with Crippen LogP contribution in [0.3, 0.4) is 0 Å². The van der Waals surface area contributed by atoms with Gasteiger partial charge in [-0.2, -0.15) is 0 Å². The van der Waals surface area contributed by atoms with Crippen LogP contribution in [0.15, 0.2) is 24.3 Å². The van der Waals surface area contributed by atoms with Crippen molar-refractivity contribution < 1.29 is 5.11 Å². The minimum atomic E-state index is 0.350. The lowest BCUT2D eigenvalue weighted by Gasteiger charge is -2.24. The summed E-state index contributed by atoms with van der Waals surface area (Å²) >= 11 is 0. The molecule has 0 heterocycles. The number of phenols is 1. The Morgan fingerprint density at radius 2 is 2.00 bits per heavy atom. The molecular formula is C12H20N2O. The minimum Gasteiger partial charge on any atom is -0.506 e. The van der Waals surface area contributed by atoms with Crippen molar-refractivity contribution in [1.29, 1.82) is 0 Å². The molecule has 0 aliphatic rings. The van der Waals surface area contributed by atoms with E-state index >= 15 is 0 Å². The number of anilines is 1. The first-order chi connectivity index (χ1) is 7.29. The normalized spacial score (nSPS) is 10.3. The molecular weight excluding hydrogens is 188 g/mol. The summed E-state index contributed by atoms with van der Waals surface area (Å²) < 4.78 is 0. The van der Waals surface area contributed by atoms with Crippen molar-refractivity contribution >= 4 is 5.69 Å². The van der Waals surface area contributed by atoms with Gasteiger partial charge in [-0.1, -0.05) is 19.1 Å². The molecule has 0 saturated carbocycles. The Morgan fingerprint density at radius 3 is 2.60 bits per heavy atom. The SMILES string of the molecule is CCCN(CCCN)c1ccccc1O. The van der Waals surface area contributed by atoms with Crippen LogP contribution in [0.1, 0.15) is 19.8 Å². The molecule has 3 nitrogen and oxygen atoms in total. The zero-order valence-electron chi connectivity index (χ0n) is 9.32. The van der Waals surface area contributed by atoms with Crippen LogP contribution in [0.5, 0.6) is 5.75 Å².